The Morgan fingerprint density at radius 1 is 1.21 bits per heavy atom. The van der Waals surface area contributed by atoms with Crippen molar-refractivity contribution >= 4 is 35.0 Å². The third-order valence-corrected chi connectivity index (χ3v) is 4.47. The lowest BCUT2D eigenvalue weighted by molar-refractivity contribution is -0.682. The van der Waals surface area contributed by atoms with Crippen molar-refractivity contribution in [2.24, 2.45) is 0 Å². The Labute approximate surface area is 148 Å². The molecule has 7 heteroatoms. The molecule has 2 aromatic carbocycles. The number of nitrogens with two attached hydrogens (primary N) is 1. The molecule has 128 valence electrons. The van der Waals surface area contributed by atoms with Crippen molar-refractivity contribution in [1.29, 1.82) is 0 Å². The maximum Gasteiger partial charge on any atom is 0.288 e. The standard InChI is InChI=1S/C17H17ClF2N2OS/c1-11(12-6-8-13(18)9-7-12)21-10-16(23)22-14-4-2-3-5-15(14)24-17(19)20/h2-9,11,17,21H,10H2,1H3,(H,22,23)/p+1/t11-/m0/s1. The molecule has 0 aromatic heterocycles. The molecule has 3 N–H and O–H groups in total. The number of rotatable bonds is 7. The quantitative estimate of drug-likeness (QED) is 0.725. The number of quaternary nitrogens is 1. The summed E-state index contributed by atoms with van der Waals surface area (Å²) in [6.07, 6.45) is 0. The average molecular weight is 372 g/mol. The molecule has 0 fully saturated rings. The van der Waals surface area contributed by atoms with Gasteiger partial charge in [0.2, 0.25) is 0 Å². The zero-order chi connectivity index (χ0) is 17.5. The number of para-hydroxylation sites is 1. The van der Waals surface area contributed by atoms with Crippen LogP contribution in [0.2, 0.25) is 5.02 Å². The van der Waals surface area contributed by atoms with Crippen LogP contribution in [0.4, 0.5) is 14.5 Å². The Kier molecular flexibility index (Phi) is 7.02. The van der Waals surface area contributed by atoms with E-state index in [1.807, 2.05) is 24.4 Å². The smallest absolute Gasteiger partial charge is 0.288 e. The lowest BCUT2D eigenvalue weighted by Crippen LogP contribution is -2.86. The first-order chi connectivity index (χ1) is 11.5. The predicted molar refractivity (Wildman–Crippen MR) is 93.6 cm³/mol. The molecule has 2 rings (SSSR count). The first kappa shape index (κ1) is 18.7. The summed E-state index contributed by atoms with van der Waals surface area (Å²) in [7, 11) is 0. The molecule has 0 spiro atoms. The van der Waals surface area contributed by atoms with E-state index in [2.05, 4.69) is 5.32 Å². The SMILES string of the molecule is C[C@H]([NH2+]CC(=O)Nc1ccccc1SC(F)F)c1ccc(Cl)cc1. The molecule has 1 amide bonds. The molecular weight excluding hydrogens is 354 g/mol. The van der Waals surface area contributed by atoms with Crippen LogP contribution in [0, 0.1) is 0 Å². The molecule has 0 aliphatic rings. The van der Waals surface area contributed by atoms with Crippen LogP contribution in [-0.4, -0.2) is 18.2 Å². The summed E-state index contributed by atoms with van der Waals surface area (Å²) >= 11 is 6.27. The zero-order valence-electron chi connectivity index (χ0n) is 13.0. The van der Waals surface area contributed by atoms with Gasteiger partial charge in [-0.1, -0.05) is 47.6 Å². The summed E-state index contributed by atoms with van der Waals surface area (Å²) in [4.78, 5) is 12.4. The molecule has 0 radical (unpaired) electrons. The number of carbonyl (C=O) groups is 1. The first-order valence-electron chi connectivity index (χ1n) is 7.38. The van der Waals surface area contributed by atoms with Crippen LogP contribution in [0.3, 0.4) is 0 Å². The molecule has 0 bridgehead atoms. The Morgan fingerprint density at radius 2 is 1.88 bits per heavy atom. The van der Waals surface area contributed by atoms with E-state index in [1.165, 1.54) is 0 Å². The summed E-state index contributed by atoms with van der Waals surface area (Å²) in [6, 6.07) is 14.1. The van der Waals surface area contributed by atoms with E-state index in [0.717, 1.165) is 5.56 Å². The van der Waals surface area contributed by atoms with Crippen LogP contribution in [0.5, 0.6) is 0 Å². The maximum absolute atomic E-state index is 12.5. The van der Waals surface area contributed by atoms with Crippen molar-refractivity contribution in [2.75, 3.05) is 11.9 Å². The van der Waals surface area contributed by atoms with Gasteiger partial charge in [0.05, 0.1) is 5.69 Å². The number of carbonyl (C=O) groups excluding carboxylic acids is 1. The fourth-order valence-electron chi connectivity index (χ4n) is 2.16. The number of amides is 1. The van der Waals surface area contributed by atoms with Crippen molar-refractivity contribution in [3.05, 3.63) is 59.1 Å². The van der Waals surface area contributed by atoms with E-state index in [-0.39, 0.29) is 18.5 Å². The molecular formula is C17H18ClF2N2OS+. The third kappa shape index (κ3) is 5.78. The summed E-state index contributed by atoms with van der Waals surface area (Å²) in [6.45, 7) is 2.18. The molecule has 0 saturated carbocycles. The van der Waals surface area contributed by atoms with Gasteiger partial charge in [0, 0.05) is 15.5 Å². The minimum Gasteiger partial charge on any atom is -0.333 e. The van der Waals surface area contributed by atoms with Crippen LogP contribution in [0.15, 0.2) is 53.4 Å². The summed E-state index contributed by atoms with van der Waals surface area (Å²) in [5.41, 5.74) is 1.46. The molecule has 3 nitrogen and oxygen atoms in total. The summed E-state index contributed by atoms with van der Waals surface area (Å²) in [5.74, 6) is -2.77. The number of nitrogens with one attached hydrogen (secondary N) is 1. The number of hydrogen-bond donors (Lipinski definition) is 2. The van der Waals surface area contributed by atoms with Gasteiger partial charge in [-0.15, -0.1) is 0 Å². The van der Waals surface area contributed by atoms with Gasteiger partial charge in [-0.25, -0.2) is 0 Å². The normalized spacial score (nSPS) is 12.2. The minimum atomic E-state index is -2.53. The predicted octanol–water partition coefficient (Wildman–Crippen LogP) is 3.92. The zero-order valence-corrected chi connectivity index (χ0v) is 14.6. The Balaban J connectivity index is 1.90. The van der Waals surface area contributed by atoms with Gasteiger partial charge in [-0.05, 0) is 31.2 Å². The lowest BCUT2D eigenvalue weighted by Gasteiger charge is -2.13. The van der Waals surface area contributed by atoms with Crippen LogP contribution in [-0.2, 0) is 4.79 Å². The second kappa shape index (κ2) is 9.01. The van der Waals surface area contributed by atoms with Crippen LogP contribution in [0.1, 0.15) is 18.5 Å². The van der Waals surface area contributed by atoms with Crippen LogP contribution < -0.4 is 10.6 Å². The second-order valence-electron chi connectivity index (χ2n) is 5.20. The fraction of sp³-hybridized carbons (Fsp3) is 0.235. The highest BCUT2D eigenvalue weighted by Gasteiger charge is 2.14. The van der Waals surface area contributed by atoms with Gasteiger partial charge in [0.1, 0.15) is 6.04 Å². The van der Waals surface area contributed by atoms with Crippen molar-refractivity contribution in [3.63, 3.8) is 0 Å². The van der Waals surface area contributed by atoms with Crippen molar-refractivity contribution in [3.8, 4) is 0 Å². The van der Waals surface area contributed by atoms with E-state index < -0.39 is 5.76 Å². The van der Waals surface area contributed by atoms with Gasteiger partial charge in [0.25, 0.3) is 11.7 Å². The number of alkyl halides is 2. The van der Waals surface area contributed by atoms with E-state index in [4.69, 9.17) is 11.6 Å². The van der Waals surface area contributed by atoms with E-state index in [9.17, 15) is 13.6 Å². The van der Waals surface area contributed by atoms with Crippen LogP contribution >= 0.6 is 23.4 Å². The first-order valence-corrected chi connectivity index (χ1v) is 8.64. The number of anilines is 1. The minimum absolute atomic E-state index is 0.0821. The molecule has 0 heterocycles. The Hall–Kier alpha value is -1.63. The summed E-state index contributed by atoms with van der Waals surface area (Å²) in [5, 5.41) is 5.23. The molecule has 0 aliphatic carbocycles. The van der Waals surface area contributed by atoms with Crippen LogP contribution in [0.25, 0.3) is 0 Å². The van der Waals surface area contributed by atoms with Crippen molar-refractivity contribution < 1.29 is 18.9 Å². The van der Waals surface area contributed by atoms with Crippen molar-refractivity contribution in [1.82, 2.24) is 0 Å². The van der Waals surface area contributed by atoms with Gasteiger partial charge in [-0.3, -0.25) is 4.79 Å². The summed E-state index contributed by atoms with van der Waals surface area (Å²) < 4.78 is 25.1. The van der Waals surface area contributed by atoms with E-state index >= 15 is 0 Å². The maximum atomic E-state index is 12.5. The Bertz CT molecular complexity index is 683. The number of benzene rings is 2. The molecule has 0 unspecified atom stereocenters. The molecule has 2 aromatic rings. The highest BCUT2D eigenvalue weighted by molar-refractivity contribution is 7.99. The van der Waals surface area contributed by atoms with Crippen molar-refractivity contribution in [2.45, 2.75) is 23.6 Å². The topological polar surface area (TPSA) is 45.7 Å². The van der Waals surface area contributed by atoms with E-state index in [1.54, 1.807) is 36.4 Å². The largest absolute Gasteiger partial charge is 0.333 e. The molecule has 0 saturated heterocycles. The lowest BCUT2D eigenvalue weighted by atomic mass is 10.1. The highest BCUT2D eigenvalue weighted by Crippen LogP contribution is 2.31. The second-order valence-corrected chi connectivity index (χ2v) is 6.67. The number of hydrogen-bond acceptors (Lipinski definition) is 2. The third-order valence-electron chi connectivity index (χ3n) is 3.43. The monoisotopic (exact) mass is 371 g/mol. The van der Waals surface area contributed by atoms with Gasteiger partial charge >= 0.3 is 0 Å². The van der Waals surface area contributed by atoms with Gasteiger partial charge in [-0.2, -0.15) is 8.78 Å². The Morgan fingerprint density at radius 3 is 2.54 bits per heavy atom. The molecule has 24 heavy (non-hydrogen) atoms. The van der Waals surface area contributed by atoms with E-state index in [0.29, 0.717) is 27.4 Å². The average Bonchev–Trinajstić information content (AvgIpc) is 2.54. The molecule has 0 aliphatic heterocycles. The van der Waals surface area contributed by atoms with Gasteiger partial charge in [0.15, 0.2) is 6.54 Å². The highest BCUT2D eigenvalue weighted by atomic mass is 35.5. The fourth-order valence-corrected chi connectivity index (χ4v) is 2.88. The number of thioether (sulfide) groups is 1. The number of halogens is 3. The molecule has 1 atom stereocenters. The van der Waals surface area contributed by atoms with Gasteiger partial charge < -0.3 is 10.6 Å².